The van der Waals surface area contributed by atoms with Crippen LogP contribution in [0.2, 0.25) is 0 Å². The van der Waals surface area contributed by atoms with Crippen LogP contribution in [0.25, 0.3) is 0 Å². The monoisotopic (exact) mass is 511 g/mol. The Morgan fingerprint density at radius 2 is 1.84 bits per heavy atom. The average Bonchev–Trinajstić information content (AvgIpc) is 3.45. The molecule has 2 aliphatic rings. The number of hydrogen-bond donors (Lipinski definition) is 2. The predicted molar refractivity (Wildman–Crippen MR) is 149 cm³/mol. The fourth-order valence-electron chi connectivity index (χ4n) is 5.39. The lowest BCUT2D eigenvalue weighted by Crippen LogP contribution is -2.29. The second-order valence-electron chi connectivity index (χ2n) is 9.65. The molecule has 0 saturated carbocycles. The SMILES string of the molecule is COc1cccc([C@@H]2Nc3ccc(/C(C)=N\NC(=O)COc4ccccc4C)cc3[C@@H]3C=CC[C@@H]32)c1OC. The van der Waals surface area contributed by atoms with Crippen molar-refractivity contribution in [3.63, 3.8) is 0 Å². The highest BCUT2D eigenvalue weighted by molar-refractivity contribution is 6.00. The second-order valence-corrected chi connectivity index (χ2v) is 9.65. The molecule has 0 fully saturated rings. The molecule has 7 heteroatoms. The van der Waals surface area contributed by atoms with Gasteiger partial charge in [-0.3, -0.25) is 4.79 Å². The van der Waals surface area contributed by atoms with E-state index in [1.54, 1.807) is 14.2 Å². The van der Waals surface area contributed by atoms with Crippen molar-refractivity contribution in [3.05, 3.63) is 95.1 Å². The molecule has 1 amide bonds. The van der Waals surface area contributed by atoms with Gasteiger partial charge in [-0.05, 0) is 67.1 Å². The third-order valence-corrected chi connectivity index (χ3v) is 7.35. The largest absolute Gasteiger partial charge is 0.493 e. The zero-order valence-corrected chi connectivity index (χ0v) is 22.2. The van der Waals surface area contributed by atoms with E-state index >= 15 is 0 Å². The van der Waals surface area contributed by atoms with Crippen LogP contribution in [0.1, 0.15) is 47.6 Å². The van der Waals surface area contributed by atoms with Crippen LogP contribution in [-0.2, 0) is 4.79 Å². The summed E-state index contributed by atoms with van der Waals surface area (Å²) in [6.07, 6.45) is 5.52. The standard InChI is InChI=1S/C31H33N3O4/c1-19-9-5-6-13-27(19)38-18-29(35)34-33-20(2)21-15-16-26-25(17-21)22-10-7-11-23(22)30(32-26)24-12-8-14-28(36-3)31(24)37-4/h5-10,12-17,22-23,30,32H,11,18H2,1-4H3,(H,34,35)/b33-20-/t22-,23+,30-/m1/s1. The smallest absolute Gasteiger partial charge is 0.277 e. The van der Waals surface area contributed by atoms with Gasteiger partial charge in [0.05, 0.1) is 26.0 Å². The summed E-state index contributed by atoms with van der Waals surface area (Å²) in [5.74, 6) is 2.49. The summed E-state index contributed by atoms with van der Waals surface area (Å²) in [4.78, 5) is 12.3. The molecular formula is C31H33N3O4. The summed E-state index contributed by atoms with van der Waals surface area (Å²) in [5.41, 5.74) is 8.69. The van der Waals surface area contributed by atoms with Gasteiger partial charge < -0.3 is 19.5 Å². The Hall–Kier alpha value is -4.26. The van der Waals surface area contributed by atoms with E-state index in [1.807, 2.05) is 56.3 Å². The number of allylic oxidation sites excluding steroid dienone is 2. The molecule has 0 unspecified atom stereocenters. The van der Waals surface area contributed by atoms with E-state index in [9.17, 15) is 4.79 Å². The molecule has 0 radical (unpaired) electrons. The molecule has 0 spiro atoms. The molecule has 3 aromatic carbocycles. The number of para-hydroxylation sites is 2. The van der Waals surface area contributed by atoms with Gasteiger partial charge >= 0.3 is 0 Å². The van der Waals surface area contributed by atoms with Crippen LogP contribution in [-0.4, -0.2) is 32.4 Å². The number of carbonyl (C=O) groups is 1. The van der Waals surface area contributed by atoms with Crippen LogP contribution in [0.4, 0.5) is 5.69 Å². The minimum atomic E-state index is -0.305. The maximum atomic E-state index is 12.3. The van der Waals surface area contributed by atoms with Crippen molar-refractivity contribution in [2.24, 2.45) is 11.0 Å². The van der Waals surface area contributed by atoms with E-state index in [0.717, 1.165) is 46.0 Å². The van der Waals surface area contributed by atoms with Gasteiger partial charge in [0, 0.05) is 17.2 Å². The van der Waals surface area contributed by atoms with Gasteiger partial charge in [0.2, 0.25) is 0 Å². The Morgan fingerprint density at radius 1 is 1.03 bits per heavy atom. The topological polar surface area (TPSA) is 81.2 Å². The Kier molecular flexibility index (Phi) is 7.36. The maximum Gasteiger partial charge on any atom is 0.277 e. The van der Waals surface area contributed by atoms with Crippen molar-refractivity contribution < 1.29 is 19.0 Å². The summed E-state index contributed by atoms with van der Waals surface area (Å²) < 4.78 is 16.9. The highest BCUT2D eigenvalue weighted by atomic mass is 16.5. The molecule has 196 valence electrons. The predicted octanol–water partition coefficient (Wildman–Crippen LogP) is 5.76. The van der Waals surface area contributed by atoms with Crippen molar-refractivity contribution in [2.75, 3.05) is 26.1 Å². The van der Waals surface area contributed by atoms with Gasteiger partial charge in [-0.25, -0.2) is 5.43 Å². The summed E-state index contributed by atoms with van der Waals surface area (Å²) in [7, 11) is 3.35. The van der Waals surface area contributed by atoms with Gasteiger partial charge in [-0.1, -0.05) is 48.6 Å². The first kappa shape index (κ1) is 25.4. The number of benzene rings is 3. The van der Waals surface area contributed by atoms with Gasteiger partial charge in [-0.2, -0.15) is 5.10 Å². The van der Waals surface area contributed by atoms with E-state index in [2.05, 4.69) is 46.2 Å². The van der Waals surface area contributed by atoms with Crippen LogP contribution >= 0.6 is 0 Å². The molecule has 3 atom stereocenters. The van der Waals surface area contributed by atoms with Crippen molar-refractivity contribution in [1.82, 2.24) is 5.43 Å². The molecule has 38 heavy (non-hydrogen) atoms. The highest BCUT2D eigenvalue weighted by Crippen LogP contribution is 2.52. The van der Waals surface area contributed by atoms with Crippen molar-refractivity contribution >= 4 is 17.3 Å². The number of methoxy groups -OCH3 is 2. The normalized spacial score (nSPS) is 19.7. The third kappa shape index (κ3) is 4.96. The van der Waals surface area contributed by atoms with Crippen LogP contribution in [0.3, 0.4) is 0 Å². The summed E-state index contributed by atoms with van der Waals surface area (Å²) >= 11 is 0. The van der Waals surface area contributed by atoms with Gasteiger partial charge in [0.1, 0.15) is 5.75 Å². The Morgan fingerprint density at radius 3 is 2.63 bits per heavy atom. The minimum Gasteiger partial charge on any atom is -0.493 e. The van der Waals surface area contributed by atoms with E-state index in [-0.39, 0.29) is 24.5 Å². The van der Waals surface area contributed by atoms with E-state index < -0.39 is 0 Å². The lowest BCUT2D eigenvalue weighted by Gasteiger charge is -2.38. The molecule has 1 aliphatic carbocycles. The molecule has 1 heterocycles. The minimum absolute atomic E-state index is 0.0840. The number of nitrogens with one attached hydrogen (secondary N) is 2. The van der Waals surface area contributed by atoms with Crippen LogP contribution in [0, 0.1) is 12.8 Å². The first-order valence-corrected chi connectivity index (χ1v) is 12.8. The first-order valence-electron chi connectivity index (χ1n) is 12.8. The second kappa shape index (κ2) is 11.0. The number of hydrazone groups is 1. The number of fused-ring (bicyclic) bond motifs is 3. The van der Waals surface area contributed by atoms with Crippen molar-refractivity contribution in [1.29, 1.82) is 0 Å². The number of amides is 1. The van der Waals surface area contributed by atoms with Gasteiger partial charge in [-0.15, -0.1) is 0 Å². The van der Waals surface area contributed by atoms with E-state index in [4.69, 9.17) is 14.2 Å². The maximum absolute atomic E-state index is 12.3. The van der Waals surface area contributed by atoms with E-state index in [1.165, 1.54) is 5.56 Å². The van der Waals surface area contributed by atoms with Crippen molar-refractivity contribution in [2.45, 2.75) is 32.2 Å². The van der Waals surface area contributed by atoms with Crippen molar-refractivity contribution in [3.8, 4) is 17.2 Å². The van der Waals surface area contributed by atoms with Crippen LogP contribution < -0.4 is 25.0 Å². The fraction of sp³-hybridized carbons (Fsp3) is 0.290. The number of anilines is 1. The molecule has 7 nitrogen and oxygen atoms in total. The zero-order valence-electron chi connectivity index (χ0n) is 22.2. The average molecular weight is 512 g/mol. The highest BCUT2D eigenvalue weighted by Gasteiger charge is 2.39. The number of aryl methyl sites for hydroxylation is 1. The van der Waals surface area contributed by atoms with Crippen LogP contribution in [0.15, 0.2) is 77.9 Å². The summed E-state index contributed by atoms with van der Waals surface area (Å²) in [6.45, 7) is 3.74. The Labute approximate surface area is 223 Å². The lowest BCUT2D eigenvalue weighted by atomic mass is 9.76. The lowest BCUT2D eigenvalue weighted by molar-refractivity contribution is -0.123. The molecule has 0 aromatic heterocycles. The quantitative estimate of drug-likeness (QED) is 0.228. The molecule has 1 aliphatic heterocycles. The first-order chi connectivity index (χ1) is 18.5. The number of carbonyl (C=O) groups excluding carboxylic acids is 1. The van der Waals surface area contributed by atoms with Gasteiger partial charge in [0.15, 0.2) is 18.1 Å². The number of ether oxygens (including phenoxy) is 3. The Bertz CT molecular complexity index is 1400. The van der Waals surface area contributed by atoms with Crippen LogP contribution in [0.5, 0.6) is 17.2 Å². The molecular weight excluding hydrogens is 478 g/mol. The molecule has 5 rings (SSSR count). The Balaban J connectivity index is 1.33. The van der Waals surface area contributed by atoms with E-state index in [0.29, 0.717) is 11.7 Å². The number of hydrogen-bond acceptors (Lipinski definition) is 6. The summed E-state index contributed by atoms with van der Waals surface area (Å²) in [6, 6.07) is 20.0. The number of nitrogens with zero attached hydrogens (tertiary/aromatic N) is 1. The molecule has 0 saturated heterocycles. The number of rotatable bonds is 8. The fourth-order valence-corrected chi connectivity index (χ4v) is 5.39. The van der Waals surface area contributed by atoms with Gasteiger partial charge in [0.25, 0.3) is 5.91 Å². The zero-order chi connectivity index (χ0) is 26.6. The molecule has 2 N–H and O–H groups in total. The summed E-state index contributed by atoms with van der Waals surface area (Å²) in [5, 5.41) is 8.10. The third-order valence-electron chi connectivity index (χ3n) is 7.35. The molecule has 0 bridgehead atoms. The molecule has 3 aromatic rings.